The molecule has 0 aliphatic heterocycles. The number of ketones is 1. The van der Waals surface area contributed by atoms with Crippen molar-refractivity contribution in [1.29, 1.82) is 0 Å². The molecule has 0 spiro atoms. The van der Waals surface area contributed by atoms with E-state index in [1.165, 1.54) is 44.9 Å². The van der Waals surface area contributed by atoms with Crippen LogP contribution < -0.4 is 0 Å². The predicted octanol–water partition coefficient (Wildman–Crippen LogP) is 7.60. The van der Waals surface area contributed by atoms with E-state index in [9.17, 15) is 9.90 Å². The van der Waals surface area contributed by atoms with Crippen molar-refractivity contribution in [2.75, 3.05) is 6.61 Å². The molecule has 4 fully saturated rings. The van der Waals surface area contributed by atoms with Gasteiger partial charge < -0.3 is 5.11 Å². The molecule has 0 aromatic heterocycles. The molecular weight excluding hydrogens is 392 g/mol. The summed E-state index contributed by atoms with van der Waals surface area (Å²) in [7, 11) is 0. The molecule has 0 amide bonds. The maximum absolute atomic E-state index is 12.7. The number of aliphatic hydroxyl groups excluding tert-OH is 1. The molecule has 0 bridgehead atoms. The lowest BCUT2D eigenvalue weighted by Crippen LogP contribution is -2.62. The summed E-state index contributed by atoms with van der Waals surface area (Å²) >= 11 is 0. The average molecular weight is 443 g/mol. The lowest BCUT2D eigenvalue weighted by atomic mass is 9.35. The number of Topliss-reactive ketones (excluding diaryl/α,β-unsaturated/α-hetero) is 1. The summed E-state index contributed by atoms with van der Waals surface area (Å²) in [4.78, 5) is 12.7. The Bertz CT molecular complexity index is 769. The van der Waals surface area contributed by atoms with Crippen LogP contribution in [0.15, 0.2) is 11.6 Å². The molecule has 4 saturated carbocycles. The van der Waals surface area contributed by atoms with Gasteiger partial charge in [0.2, 0.25) is 0 Å². The predicted molar refractivity (Wildman–Crippen MR) is 133 cm³/mol. The average Bonchev–Trinajstić information content (AvgIpc) is 3.02. The van der Waals surface area contributed by atoms with Crippen LogP contribution in [0.4, 0.5) is 0 Å². The number of allylic oxidation sites excluding steroid dienone is 1. The second kappa shape index (κ2) is 8.24. The summed E-state index contributed by atoms with van der Waals surface area (Å²) in [6.07, 6.45) is 14.6. The number of hydrogen-bond donors (Lipinski definition) is 1. The molecule has 0 radical (unpaired) electrons. The van der Waals surface area contributed by atoms with Gasteiger partial charge in [-0.2, -0.15) is 0 Å². The van der Waals surface area contributed by atoms with Crippen molar-refractivity contribution < 1.29 is 9.90 Å². The van der Waals surface area contributed by atoms with E-state index in [0.717, 1.165) is 42.6 Å². The molecular formula is C30H50O2. The van der Waals surface area contributed by atoms with Gasteiger partial charge in [0.25, 0.3) is 0 Å². The van der Waals surface area contributed by atoms with Crippen LogP contribution in [0.3, 0.4) is 0 Å². The minimum atomic E-state index is 0.193. The highest BCUT2D eigenvalue weighted by Crippen LogP contribution is 2.76. The van der Waals surface area contributed by atoms with E-state index >= 15 is 0 Å². The number of carbonyl (C=O) groups is 1. The van der Waals surface area contributed by atoms with Gasteiger partial charge in [-0.3, -0.25) is 4.79 Å². The third-order valence-electron chi connectivity index (χ3n) is 12.6. The molecule has 0 heterocycles. The highest BCUT2D eigenvalue weighted by atomic mass is 16.3. The molecule has 0 aromatic carbocycles. The quantitative estimate of drug-likeness (QED) is 0.445. The summed E-state index contributed by atoms with van der Waals surface area (Å²) < 4.78 is 0. The molecule has 9 unspecified atom stereocenters. The summed E-state index contributed by atoms with van der Waals surface area (Å²) in [6, 6.07) is 0. The fraction of sp³-hybridized carbons (Fsp3) is 0.900. The van der Waals surface area contributed by atoms with Crippen molar-refractivity contribution >= 4 is 5.78 Å². The van der Waals surface area contributed by atoms with Crippen LogP contribution in [0.1, 0.15) is 113 Å². The number of hydrogen-bond acceptors (Lipinski definition) is 2. The van der Waals surface area contributed by atoms with Gasteiger partial charge in [-0.1, -0.05) is 53.2 Å². The van der Waals surface area contributed by atoms with E-state index in [2.05, 4.69) is 47.6 Å². The molecule has 4 aliphatic carbocycles. The normalized spacial score (nSPS) is 49.9. The zero-order chi connectivity index (χ0) is 23.5. The van der Waals surface area contributed by atoms with Crippen LogP contribution in [0, 0.1) is 51.2 Å². The third-order valence-corrected chi connectivity index (χ3v) is 12.6. The molecule has 182 valence electrons. The van der Waals surface area contributed by atoms with Crippen LogP contribution in [-0.4, -0.2) is 17.5 Å². The molecule has 9 atom stereocenters. The van der Waals surface area contributed by atoms with Gasteiger partial charge in [-0.05, 0) is 110 Å². The largest absolute Gasteiger partial charge is 0.392 e. The first-order valence-corrected chi connectivity index (χ1v) is 13.7. The van der Waals surface area contributed by atoms with Crippen LogP contribution >= 0.6 is 0 Å². The fourth-order valence-electron chi connectivity index (χ4n) is 10.2. The molecule has 1 N–H and O–H groups in total. The van der Waals surface area contributed by atoms with E-state index < -0.39 is 0 Å². The van der Waals surface area contributed by atoms with Gasteiger partial charge in [0.1, 0.15) is 5.78 Å². The number of carbonyl (C=O) groups excluding carboxylic acids is 1. The van der Waals surface area contributed by atoms with Crippen molar-refractivity contribution in [3.8, 4) is 0 Å². The lowest BCUT2D eigenvalue weighted by Gasteiger charge is -2.69. The van der Waals surface area contributed by atoms with Gasteiger partial charge >= 0.3 is 0 Å². The zero-order valence-corrected chi connectivity index (χ0v) is 22.1. The smallest absolute Gasteiger partial charge is 0.136 e. The SMILES string of the molecule is CC(=CCCC(C)C1CCC2(C)C3CCC4(C)C(C)C(=O)CCC4C3(C)CCC12C)CO. The number of rotatable bonds is 5. The van der Waals surface area contributed by atoms with Crippen LogP contribution in [0.2, 0.25) is 0 Å². The highest BCUT2D eigenvalue weighted by Gasteiger charge is 2.69. The molecule has 4 rings (SSSR count). The van der Waals surface area contributed by atoms with Crippen molar-refractivity contribution in [3.63, 3.8) is 0 Å². The standard InChI is InChI=1S/C30H50O2/c1-20(19-31)9-8-10-21(2)23-13-16-30(7)26-14-15-27(4)22(3)24(32)11-12-25(27)28(26,5)17-18-29(23,30)6/h9,21-23,25-26,31H,8,10-19H2,1-7H3. The first-order valence-electron chi connectivity index (χ1n) is 13.7. The fourth-order valence-corrected chi connectivity index (χ4v) is 10.2. The van der Waals surface area contributed by atoms with Crippen LogP contribution in [0.5, 0.6) is 0 Å². The van der Waals surface area contributed by atoms with Crippen molar-refractivity contribution in [1.82, 2.24) is 0 Å². The Morgan fingerprint density at radius 1 is 1.00 bits per heavy atom. The maximum atomic E-state index is 12.7. The molecule has 32 heavy (non-hydrogen) atoms. The van der Waals surface area contributed by atoms with Crippen LogP contribution in [-0.2, 0) is 4.79 Å². The number of aliphatic hydroxyl groups is 1. The van der Waals surface area contributed by atoms with E-state index in [0.29, 0.717) is 27.9 Å². The van der Waals surface area contributed by atoms with E-state index in [1.807, 2.05) is 6.92 Å². The summed E-state index contributed by atoms with van der Waals surface area (Å²) in [5, 5.41) is 9.32. The Kier molecular flexibility index (Phi) is 6.31. The topological polar surface area (TPSA) is 37.3 Å². The van der Waals surface area contributed by atoms with Gasteiger partial charge in [-0.15, -0.1) is 0 Å². The Morgan fingerprint density at radius 2 is 1.72 bits per heavy atom. The monoisotopic (exact) mass is 442 g/mol. The summed E-state index contributed by atoms with van der Waals surface area (Å²) in [5.41, 5.74) is 2.60. The molecule has 0 saturated heterocycles. The van der Waals surface area contributed by atoms with Gasteiger partial charge in [0.15, 0.2) is 0 Å². The lowest BCUT2D eigenvalue weighted by molar-refractivity contribution is -0.202. The van der Waals surface area contributed by atoms with E-state index in [4.69, 9.17) is 0 Å². The first kappa shape index (κ1) is 24.5. The van der Waals surface area contributed by atoms with E-state index in [1.54, 1.807) is 0 Å². The minimum Gasteiger partial charge on any atom is -0.392 e. The Hall–Kier alpha value is -0.630. The summed E-state index contributed by atoms with van der Waals surface area (Å²) in [5.74, 6) is 3.85. The molecule has 4 aliphatic rings. The number of fused-ring (bicyclic) bond motifs is 5. The maximum Gasteiger partial charge on any atom is 0.136 e. The van der Waals surface area contributed by atoms with Gasteiger partial charge in [-0.25, -0.2) is 0 Å². The van der Waals surface area contributed by atoms with Crippen LogP contribution in [0.25, 0.3) is 0 Å². The first-order chi connectivity index (χ1) is 14.9. The van der Waals surface area contributed by atoms with E-state index in [-0.39, 0.29) is 17.9 Å². The minimum absolute atomic E-state index is 0.193. The molecule has 0 aromatic rings. The Balaban J connectivity index is 1.58. The van der Waals surface area contributed by atoms with Crippen molar-refractivity contribution in [2.24, 2.45) is 51.2 Å². The van der Waals surface area contributed by atoms with Crippen molar-refractivity contribution in [3.05, 3.63) is 11.6 Å². The van der Waals surface area contributed by atoms with Gasteiger partial charge in [0.05, 0.1) is 6.61 Å². The third kappa shape index (κ3) is 3.32. The Morgan fingerprint density at radius 3 is 2.41 bits per heavy atom. The highest BCUT2D eigenvalue weighted by molar-refractivity contribution is 5.82. The zero-order valence-electron chi connectivity index (χ0n) is 22.1. The molecule has 2 nitrogen and oxygen atoms in total. The Labute approximate surface area is 198 Å². The molecule has 2 heteroatoms. The summed E-state index contributed by atoms with van der Waals surface area (Å²) in [6.45, 7) is 17.4. The van der Waals surface area contributed by atoms with Crippen molar-refractivity contribution in [2.45, 2.75) is 113 Å². The van der Waals surface area contributed by atoms with Gasteiger partial charge in [0, 0.05) is 12.3 Å². The second-order valence-electron chi connectivity index (χ2n) is 13.6. The second-order valence-corrected chi connectivity index (χ2v) is 13.6.